The molecule has 1 aromatic heterocycles. The second kappa shape index (κ2) is 7.12. The number of carbonyl (C=O) groups excluding carboxylic acids is 2. The molecule has 2 aromatic rings. The Labute approximate surface area is 138 Å². The van der Waals surface area contributed by atoms with Crippen LogP contribution in [0.5, 0.6) is 5.75 Å². The van der Waals surface area contributed by atoms with Crippen molar-refractivity contribution in [1.82, 2.24) is 15.5 Å². The van der Waals surface area contributed by atoms with Crippen molar-refractivity contribution in [2.75, 3.05) is 19.0 Å². The molecule has 0 saturated heterocycles. The zero-order valence-corrected chi connectivity index (χ0v) is 13.2. The maximum atomic E-state index is 12.1. The van der Waals surface area contributed by atoms with E-state index in [-0.39, 0.29) is 24.0 Å². The summed E-state index contributed by atoms with van der Waals surface area (Å²) in [6.45, 7) is 0.616. The predicted octanol–water partition coefficient (Wildman–Crippen LogP) is 1.40. The van der Waals surface area contributed by atoms with Crippen molar-refractivity contribution >= 4 is 17.5 Å². The highest BCUT2D eigenvalue weighted by Crippen LogP contribution is 2.27. The van der Waals surface area contributed by atoms with Crippen molar-refractivity contribution in [2.45, 2.75) is 19.3 Å². The Kier molecular flexibility index (Phi) is 4.74. The Bertz CT molecular complexity index is 739. The fourth-order valence-corrected chi connectivity index (χ4v) is 2.14. The third kappa shape index (κ3) is 4.09. The predicted molar refractivity (Wildman–Crippen MR) is 84.7 cm³/mol. The number of ether oxygens (including phenoxy) is 1. The minimum absolute atomic E-state index is 0.0997. The van der Waals surface area contributed by atoms with Crippen LogP contribution in [0.25, 0.3) is 0 Å². The number of anilines is 1. The van der Waals surface area contributed by atoms with Crippen LogP contribution in [-0.4, -0.2) is 35.6 Å². The first-order chi connectivity index (χ1) is 11.7. The highest BCUT2D eigenvalue weighted by atomic mass is 16.5. The van der Waals surface area contributed by atoms with E-state index in [1.165, 1.54) is 7.11 Å². The molecule has 2 N–H and O–H groups in total. The third-order valence-electron chi connectivity index (χ3n) is 3.61. The number of rotatable bonds is 7. The highest BCUT2D eigenvalue weighted by molar-refractivity contribution is 5.93. The van der Waals surface area contributed by atoms with E-state index in [1.807, 2.05) is 0 Å². The summed E-state index contributed by atoms with van der Waals surface area (Å²) in [5.74, 6) is 0.396. The number of hydrogen-bond donors (Lipinski definition) is 2. The largest absolute Gasteiger partial charge is 0.495 e. The molecule has 1 heterocycles. The lowest BCUT2D eigenvalue weighted by Crippen LogP contribution is -2.25. The number of hydrogen-bond acceptors (Lipinski definition) is 6. The van der Waals surface area contributed by atoms with Crippen LogP contribution in [0, 0.1) is 5.92 Å². The van der Waals surface area contributed by atoms with E-state index in [4.69, 9.17) is 9.26 Å². The van der Waals surface area contributed by atoms with Gasteiger partial charge < -0.3 is 19.9 Å². The molecule has 24 heavy (non-hydrogen) atoms. The van der Waals surface area contributed by atoms with E-state index >= 15 is 0 Å². The van der Waals surface area contributed by atoms with Gasteiger partial charge in [-0.2, -0.15) is 4.98 Å². The molecule has 8 heteroatoms. The van der Waals surface area contributed by atoms with E-state index in [1.54, 1.807) is 24.3 Å². The van der Waals surface area contributed by atoms with Crippen molar-refractivity contribution < 1.29 is 18.8 Å². The van der Waals surface area contributed by atoms with Gasteiger partial charge in [0.05, 0.1) is 19.2 Å². The number of carbonyl (C=O) groups is 2. The fraction of sp³-hybridized carbons (Fsp3) is 0.375. The van der Waals surface area contributed by atoms with Crippen molar-refractivity contribution in [3.63, 3.8) is 0 Å². The Morgan fingerprint density at radius 3 is 2.88 bits per heavy atom. The number of benzene rings is 1. The lowest BCUT2D eigenvalue weighted by molar-refractivity contribution is -0.115. The Morgan fingerprint density at radius 2 is 2.12 bits per heavy atom. The third-order valence-corrected chi connectivity index (χ3v) is 3.61. The molecule has 126 valence electrons. The summed E-state index contributed by atoms with van der Waals surface area (Å²) in [6.07, 6.45) is 2.18. The highest BCUT2D eigenvalue weighted by Gasteiger charge is 2.24. The molecule has 3 rings (SSSR count). The van der Waals surface area contributed by atoms with E-state index < -0.39 is 5.91 Å². The molecule has 1 aliphatic carbocycles. The van der Waals surface area contributed by atoms with Gasteiger partial charge in [-0.05, 0) is 30.9 Å². The van der Waals surface area contributed by atoms with Gasteiger partial charge >= 0.3 is 11.8 Å². The second-order valence-corrected chi connectivity index (χ2v) is 5.59. The lowest BCUT2D eigenvalue weighted by atomic mass is 10.2. The van der Waals surface area contributed by atoms with Crippen LogP contribution in [0.1, 0.15) is 29.4 Å². The molecule has 0 radical (unpaired) electrons. The first kappa shape index (κ1) is 16.0. The Morgan fingerprint density at radius 1 is 1.33 bits per heavy atom. The van der Waals surface area contributed by atoms with Crippen LogP contribution < -0.4 is 15.4 Å². The van der Waals surface area contributed by atoms with Crippen molar-refractivity contribution in [2.24, 2.45) is 5.92 Å². The Hall–Kier alpha value is -2.90. The number of para-hydroxylation sites is 2. The number of aromatic nitrogens is 2. The molecule has 0 atom stereocenters. The normalized spacial score (nSPS) is 13.4. The van der Waals surface area contributed by atoms with Gasteiger partial charge in [0.1, 0.15) is 5.75 Å². The molecule has 8 nitrogen and oxygen atoms in total. The molecular weight excluding hydrogens is 312 g/mol. The summed E-state index contributed by atoms with van der Waals surface area (Å²) < 4.78 is 10.1. The zero-order valence-electron chi connectivity index (χ0n) is 13.2. The molecule has 0 unspecified atom stereocenters. The molecule has 0 spiro atoms. The van der Waals surface area contributed by atoms with Gasteiger partial charge in [0.2, 0.25) is 5.91 Å². The van der Waals surface area contributed by atoms with Crippen LogP contribution in [-0.2, 0) is 11.2 Å². The smallest absolute Gasteiger partial charge is 0.315 e. The first-order valence-electron chi connectivity index (χ1n) is 7.69. The Balaban J connectivity index is 1.55. The number of nitrogens with one attached hydrogen (secondary N) is 2. The summed E-state index contributed by atoms with van der Waals surface area (Å²) in [4.78, 5) is 27.8. The molecular formula is C16H18N4O4. The average molecular weight is 330 g/mol. The number of amides is 2. The summed E-state index contributed by atoms with van der Waals surface area (Å²) in [6, 6.07) is 7.06. The molecule has 1 saturated carbocycles. The van der Waals surface area contributed by atoms with E-state index in [2.05, 4.69) is 20.8 Å². The summed E-state index contributed by atoms with van der Waals surface area (Å²) in [7, 11) is 1.52. The molecule has 2 amide bonds. The van der Waals surface area contributed by atoms with Crippen molar-refractivity contribution in [3.8, 4) is 5.75 Å². The molecule has 0 aliphatic heterocycles. The van der Waals surface area contributed by atoms with E-state index in [0.29, 0.717) is 23.9 Å². The van der Waals surface area contributed by atoms with Crippen molar-refractivity contribution in [3.05, 3.63) is 36.0 Å². The maximum absolute atomic E-state index is 12.1. The van der Waals surface area contributed by atoms with Gasteiger partial charge in [-0.1, -0.05) is 17.3 Å². The van der Waals surface area contributed by atoms with E-state index in [0.717, 1.165) is 12.8 Å². The van der Waals surface area contributed by atoms with Crippen molar-refractivity contribution in [1.29, 1.82) is 0 Å². The SMILES string of the molecule is COc1ccccc1NC(=O)Cc1noc(C(=O)NCC2CC2)n1. The minimum atomic E-state index is -0.411. The van der Waals surface area contributed by atoms with Crippen LogP contribution in [0.4, 0.5) is 5.69 Å². The van der Waals surface area contributed by atoms with Gasteiger partial charge in [-0.25, -0.2) is 0 Å². The first-order valence-corrected chi connectivity index (χ1v) is 7.69. The van der Waals surface area contributed by atoms with Crippen LogP contribution in [0.3, 0.4) is 0 Å². The zero-order chi connectivity index (χ0) is 16.9. The van der Waals surface area contributed by atoms with Gasteiger partial charge in [-0.15, -0.1) is 0 Å². The number of nitrogens with zero attached hydrogens (tertiary/aromatic N) is 2. The van der Waals surface area contributed by atoms with E-state index in [9.17, 15) is 9.59 Å². The quantitative estimate of drug-likeness (QED) is 0.795. The maximum Gasteiger partial charge on any atom is 0.315 e. The molecule has 1 aromatic carbocycles. The molecule has 1 fully saturated rings. The van der Waals surface area contributed by atoms with Gasteiger partial charge in [-0.3, -0.25) is 9.59 Å². The number of methoxy groups -OCH3 is 1. The van der Waals surface area contributed by atoms with Gasteiger partial charge in [0.25, 0.3) is 0 Å². The summed E-state index contributed by atoms with van der Waals surface area (Å²) in [5, 5.41) is 9.11. The molecule has 0 bridgehead atoms. The molecule has 1 aliphatic rings. The average Bonchev–Trinajstić information content (AvgIpc) is 3.30. The topological polar surface area (TPSA) is 106 Å². The lowest BCUT2D eigenvalue weighted by Gasteiger charge is -2.08. The van der Waals surface area contributed by atoms with Crippen LogP contribution in [0.2, 0.25) is 0 Å². The monoisotopic (exact) mass is 330 g/mol. The standard InChI is InChI=1S/C16H18N4O4/c1-23-12-5-3-2-4-11(12)18-14(21)8-13-19-16(24-20-13)15(22)17-9-10-6-7-10/h2-5,10H,6-9H2,1H3,(H,17,22)(H,18,21). The summed E-state index contributed by atoms with van der Waals surface area (Å²) >= 11 is 0. The van der Waals surface area contributed by atoms with Crippen LogP contribution >= 0.6 is 0 Å². The second-order valence-electron chi connectivity index (χ2n) is 5.59. The fourth-order valence-electron chi connectivity index (χ4n) is 2.14. The van der Waals surface area contributed by atoms with Gasteiger partial charge in [0, 0.05) is 6.54 Å². The minimum Gasteiger partial charge on any atom is -0.495 e. The van der Waals surface area contributed by atoms with Crippen LogP contribution in [0.15, 0.2) is 28.8 Å². The summed E-state index contributed by atoms with van der Waals surface area (Å²) in [5.41, 5.74) is 0.552. The van der Waals surface area contributed by atoms with Gasteiger partial charge in [0.15, 0.2) is 5.82 Å².